The van der Waals surface area contributed by atoms with Crippen molar-refractivity contribution in [2.24, 2.45) is 0 Å². The Balaban J connectivity index is 1.69. The minimum Gasteiger partial charge on any atom is -0.489 e. The number of aliphatic hydroxyl groups is 1. The first kappa shape index (κ1) is 11.4. The summed E-state index contributed by atoms with van der Waals surface area (Å²) in [5.74, 6) is 0.780. The minimum absolute atomic E-state index is 0.353. The zero-order valence-corrected chi connectivity index (χ0v) is 10.5. The molecule has 0 bridgehead atoms. The third kappa shape index (κ3) is 2.58. The third-order valence-electron chi connectivity index (χ3n) is 3.70. The first-order valence-corrected chi connectivity index (χ1v) is 6.70. The van der Waals surface area contributed by atoms with Crippen LogP contribution < -0.4 is 4.74 Å². The number of benzene rings is 1. The number of rotatable bonds is 4. The smallest absolute Gasteiger partial charge is 0.138 e. The molecule has 2 aliphatic carbocycles. The van der Waals surface area contributed by atoms with Gasteiger partial charge < -0.3 is 9.84 Å². The van der Waals surface area contributed by atoms with E-state index in [1.165, 1.54) is 6.42 Å². The molecule has 0 heterocycles. The summed E-state index contributed by atoms with van der Waals surface area (Å²) in [6.07, 6.45) is 6.40. The normalized spacial score (nSPS) is 22.0. The number of ether oxygens (including phenoxy) is 1. The molecular formula is C14H17ClO2. The Kier molecular flexibility index (Phi) is 2.80. The highest BCUT2D eigenvalue weighted by Gasteiger charge is 2.40. The van der Waals surface area contributed by atoms with Crippen molar-refractivity contribution in [1.82, 2.24) is 0 Å². The summed E-state index contributed by atoms with van der Waals surface area (Å²) in [6, 6.07) is 5.86. The van der Waals surface area contributed by atoms with E-state index in [0.29, 0.717) is 17.5 Å². The average molecular weight is 253 g/mol. The summed E-state index contributed by atoms with van der Waals surface area (Å²) >= 11 is 6.20. The molecule has 3 rings (SSSR count). The number of halogens is 1. The quantitative estimate of drug-likeness (QED) is 0.891. The molecule has 0 saturated heterocycles. The van der Waals surface area contributed by atoms with E-state index in [1.807, 2.05) is 18.2 Å². The van der Waals surface area contributed by atoms with Gasteiger partial charge in [0.15, 0.2) is 0 Å². The van der Waals surface area contributed by atoms with Crippen LogP contribution in [0.25, 0.3) is 0 Å². The first-order chi connectivity index (χ1) is 8.15. The fourth-order valence-electron chi connectivity index (χ4n) is 2.12. The first-order valence-electron chi connectivity index (χ1n) is 6.32. The monoisotopic (exact) mass is 252 g/mol. The van der Waals surface area contributed by atoms with Crippen LogP contribution in [0.4, 0.5) is 0 Å². The predicted octanol–water partition coefficient (Wildman–Crippen LogP) is 3.34. The second-order valence-corrected chi connectivity index (χ2v) is 5.74. The Bertz CT molecular complexity index is 422. The maximum absolute atomic E-state index is 9.86. The molecule has 2 fully saturated rings. The molecule has 0 aliphatic heterocycles. The fraction of sp³-hybridized carbons (Fsp3) is 0.571. The molecule has 2 aliphatic rings. The van der Waals surface area contributed by atoms with Gasteiger partial charge in [0.25, 0.3) is 0 Å². The van der Waals surface area contributed by atoms with E-state index in [2.05, 4.69) is 0 Å². The molecule has 0 aromatic heterocycles. The summed E-state index contributed by atoms with van der Waals surface area (Å²) in [5, 5.41) is 10.5. The van der Waals surface area contributed by atoms with Crippen LogP contribution in [0.15, 0.2) is 18.2 Å². The van der Waals surface area contributed by atoms with Crippen LogP contribution >= 0.6 is 11.6 Å². The minimum atomic E-state index is -0.459. The molecule has 0 unspecified atom stereocenters. The number of hydrogen-bond acceptors (Lipinski definition) is 2. The number of hydrogen-bond donors (Lipinski definition) is 1. The zero-order chi connectivity index (χ0) is 11.9. The van der Waals surface area contributed by atoms with Crippen molar-refractivity contribution in [3.05, 3.63) is 28.8 Å². The maximum Gasteiger partial charge on any atom is 0.138 e. The van der Waals surface area contributed by atoms with E-state index in [1.54, 1.807) is 0 Å². The lowest BCUT2D eigenvalue weighted by Gasteiger charge is -2.27. The van der Waals surface area contributed by atoms with Gasteiger partial charge in [0, 0.05) is 6.42 Å². The van der Waals surface area contributed by atoms with Crippen LogP contribution in [0.5, 0.6) is 5.75 Å². The van der Waals surface area contributed by atoms with Gasteiger partial charge in [0.2, 0.25) is 0 Å². The Morgan fingerprint density at radius 3 is 2.65 bits per heavy atom. The molecule has 2 nitrogen and oxygen atoms in total. The summed E-state index contributed by atoms with van der Waals surface area (Å²) in [6.45, 7) is 0. The van der Waals surface area contributed by atoms with E-state index >= 15 is 0 Å². The van der Waals surface area contributed by atoms with E-state index in [0.717, 1.165) is 37.0 Å². The van der Waals surface area contributed by atoms with Gasteiger partial charge in [-0.15, -0.1) is 0 Å². The maximum atomic E-state index is 9.86. The van der Waals surface area contributed by atoms with Crippen molar-refractivity contribution < 1.29 is 9.84 Å². The van der Waals surface area contributed by atoms with Gasteiger partial charge in [-0.2, -0.15) is 0 Å². The van der Waals surface area contributed by atoms with E-state index in [4.69, 9.17) is 16.3 Å². The van der Waals surface area contributed by atoms with Crippen LogP contribution in [0, 0.1) is 0 Å². The molecule has 0 spiro atoms. The standard InChI is InChI=1S/C14H17ClO2/c15-12-8-10(9-14(16)6-7-14)4-5-13(12)17-11-2-1-3-11/h4-5,8,11,16H,1-3,6-7,9H2. The molecule has 0 radical (unpaired) electrons. The highest BCUT2D eigenvalue weighted by atomic mass is 35.5. The van der Waals surface area contributed by atoms with E-state index in [-0.39, 0.29) is 0 Å². The Morgan fingerprint density at radius 1 is 1.35 bits per heavy atom. The largest absolute Gasteiger partial charge is 0.489 e. The summed E-state index contributed by atoms with van der Waals surface area (Å²) < 4.78 is 5.79. The van der Waals surface area contributed by atoms with Gasteiger partial charge >= 0.3 is 0 Å². The van der Waals surface area contributed by atoms with Crippen LogP contribution in [0.2, 0.25) is 5.02 Å². The lowest BCUT2D eigenvalue weighted by molar-refractivity contribution is 0.120. The van der Waals surface area contributed by atoms with Crippen molar-refractivity contribution in [2.75, 3.05) is 0 Å². The van der Waals surface area contributed by atoms with Gasteiger partial charge in [-0.1, -0.05) is 17.7 Å². The molecule has 3 heteroatoms. The Hall–Kier alpha value is -0.730. The van der Waals surface area contributed by atoms with Gasteiger partial charge in [-0.25, -0.2) is 0 Å². The summed E-state index contributed by atoms with van der Waals surface area (Å²) in [7, 11) is 0. The molecule has 92 valence electrons. The van der Waals surface area contributed by atoms with Crippen LogP contribution in [-0.2, 0) is 6.42 Å². The SMILES string of the molecule is OC1(Cc2ccc(OC3CCC3)c(Cl)c2)CC1. The molecule has 0 amide bonds. The van der Waals surface area contributed by atoms with Crippen molar-refractivity contribution in [1.29, 1.82) is 0 Å². The van der Waals surface area contributed by atoms with Gasteiger partial charge in [-0.05, 0) is 49.8 Å². The molecular weight excluding hydrogens is 236 g/mol. The Labute approximate surface area is 107 Å². The second kappa shape index (κ2) is 4.18. The van der Waals surface area contributed by atoms with Gasteiger partial charge in [0.1, 0.15) is 5.75 Å². The molecule has 2 saturated carbocycles. The van der Waals surface area contributed by atoms with E-state index in [9.17, 15) is 5.11 Å². The van der Waals surface area contributed by atoms with Gasteiger partial charge in [-0.3, -0.25) is 0 Å². The molecule has 1 aromatic rings. The fourth-order valence-corrected chi connectivity index (χ4v) is 2.37. The Morgan fingerprint density at radius 2 is 2.12 bits per heavy atom. The molecule has 0 atom stereocenters. The van der Waals surface area contributed by atoms with Crippen LogP contribution in [0.1, 0.15) is 37.7 Å². The van der Waals surface area contributed by atoms with Crippen molar-refractivity contribution in [3.8, 4) is 5.75 Å². The predicted molar refractivity (Wildman–Crippen MR) is 67.6 cm³/mol. The van der Waals surface area contributed by atoms with Crippen molar-refractivity contribution >= 4 is 11.6 Å². The van der Waals surface area contributed by atoms with Crippen molar-refractivity contribution in [3.63, 3.8) is 0 Å². The van der Waals surface area contributed by atoms with Crippen molar-refractivity contribution in [2.45, 2.75) is 50.2 Å². The second-order valence-electron chi connectivity index (χ2n) is 5.34. The van der Waals surface area contributed by atoms with Gasteiger partial charge in [0.05, 0.1) is 16.7 Å². The summed E-state index contributed by atoms with van der Waals surface area (Å²) in [4.78, 5) is 0. The zero-order valence-electron chi connectivity index (χ0n) is 9.79. The van der Waals surface area contributed by atoms with Crippen LogP contribution in [-0.4, -0.2) is 16.8 Å². The molecule has 1 aromatic carbocycles. The third-order valence-corrected chi connectivity index (χ3v) is 4.00. The highest BCUT2D eigenvalue weighted by molar-refractivity contribution is 6.32. The molecule has 1 N–H and O–H groups in total. The molecule has 17 heavy (non-hydrogen) atoms. The topological polar surface area (TPSA) is 29.5 Å². The average Bonchev–Trinajstić information content (AvgIpc) is 2.92. The lowest BCUT2D eigenvalue weighted by Crippen LogP contribution is -2.24. The van der Waals surface area contributed by atoms with E-state index < -0.39 is 5.60 Å². The van der Waals surface area contributed by atoms with Crippen LogP contribution in [0.3, 0.4) is 0 Å². The lowest BCUT2D eigenvalue weighted by atomic mass is 9.96. The highest BCUT2D eigenvalue weighted by Crippen LogP contribution is 2.39. The summed E-state index contributed by atoms with van der Waals surface area (Å²) in [5.41, 5.74) is 0.635.